The second-order valence-corrected chi connectivity index (χ2v) is 5.78. The van der Waals surface area contributed by atoms with Crippen molar-refractivity contribution in [3.8, 4) is 0 Å². The highest BCUT2D eigenvalue weighted by molar-refractivity contribution is 8.11. The third kappa shape index (κ3) is 8.67. The van der Waals surface area contributed by atoms with Crippen molar-refractivity contribution in [1.29, 1.82) is 0 Å². The molecule has 0 aliphatic rings. The Morgan fingerprint density at radius 3 is 2.12 bits per heavy atom. The molecule has 0 N–H and O–H groups in total. The molecule has 0 bridgehead atoms. The molecule has 0 aromatic rings. The van der Waals surface area contributed by atoms with Gasteiger partial charge < -0.3 is 0 Å². The van der Waals surface area contributed by atoms with Crippen molar-refractivity contribution in [2.45, 2.75) is 71.6 Å². The van der Waals surface area contributed by atoms with Gasteiger partial charge in [-0.1, -0.05) is 77.2 Å². The first-order chi connectivity index (χ1) is 8.13. The Bertz CT molecular complexity index is 226. The van der Waals surface area contributed by atoms with Crippen molar-refractivity contribution in [3.05, 3.63) is 0 Å². The van der Waals surface area contributed by atoms with E-state index in [0.29, 0.717) is 10.6 Å². The number of Topliss-reactive ketones (excluding diaryl/α,β-unsaturated/α-hetero) is 1. The summed E-state index contributed by atoms with van der Waals surface area (Å²) in [5.41, 5.74) is 0. The molecular weight excluding hydrogens is 248 g/mol. The molecule has 0 spiro atoms. The average molecular weight is 273 g/mol. The summed E-state index contributed by atoms with van der Waals surface area (Å²) in [5, 5.41) is 0. The third-order valence-electron chi connectivity index (χ3n) is 3.05. The number of carbonyl (C=O) groups is 1. The molecule has 0 aromatic carbocycles. The Hall–Kier alpha value is -0.0200. The van der Waals surface area contributed by atoms with E-state index in [9.17, 15) is 4.79 Å². The smallest absolute Gasteiger partial charge is 0.142 e. The Morgan fingerprint density at radius 2 is 1.59 bits per heavy atom. The van der Waals surface area contributed by atoms with Crippen LogP contribution in [0.5, 0.6) is 0 Å². The van der Waals surface area contributed by atoms with Crippen molar-refractivity contribution < 1.29 is 4.79 Å². The zero-order chi connectivity index (χ0) is 13.1. The molecule has 0 aliphatic heterocycles. The molecule has 0 amide bonds. The highest BCUT2D eigenvalue weighted by Gasteiger charge is 2.20. The lowest BCUT2D eigenvalue weighted by Gasteiger charge is -2.13. The molecule has 1 atom stereocenters. The summed E-state index contributed by atoms with van der Waals surface area (Å²) >= 11 is 10.1. The topological polar surface area (TPSA) is 17.1 Å². The molecule has 0 rings (SSSR count). The number of ketones is 1. The van der Waals surface area contributed by atoms with E-state index in [1.807, 2.05) is 0 Å². The second kappa shape index (κ2) is 11.1. The van der Waals surface area contributed by atoms with Gasteiger partial charge in [0.25, 0.3) is 0 Å². The molecule has 99 valence electrons. The minimum atomic E-state index is -0.131. The molecule has 0 fully saturated rings. The van der Waals surface area contributed by atoms with E-state index < -0.39 is 0 Å². The van der Waals surface area contributed by atoms with Gasteiger partial charge in [-0.2, -0.15) is 0 Å². The Labute approximate surface area is 117 Å². The molecule has 1 unspecified atom stereocenters. The minimum Gasteiger partial charge on any atom is -0.299 e. The molecule has 0 saturated carbocycles. The van der Waals surface area contributed by atoms with Crippen LogP contribution in [0, 0.1) is 5.92 Å². The molecule has 0 aliphatic carbocycles. The van der Waals surface area contributed by atoms with E-state index >= 15 is 0 Å². The van der Waals surface area contributed by atoms with E-state index in [1.165, 1.54) is 19.3 Å². The van der Waals surface area contributed by atoms with Crippen LogP contribution in [-0.4, -0.2) is 9.98 Å². The lowest BCUT2D eigenvalue weighted by atomic mass is 9.95. The fourth-order valence-electron chi connectivity index (χ4n) is 1.91. The van der Waals surface area contributed by atoms with Gasteiger partial charge in [0.2, 0.25) is 0 Å². The van der Waals surface area contributed by atoms with Crippen LogP contribution in [-0.2, 0) is 4.79 Å². The first-order valence-corrected chi connectivity index (χ1v) is 7.68. The number of hydrogen-bond donors (Lipinski definition) is 0. The van der Waals surface area contributed by atoms with Crippen LogP contribution in [0.4, 0.5) is 0 Å². The number of carbonyl (C=O) groups excluding carboxylic acids is 1. The maximum absolute atomic E-state index is 12.0. The fraction of sp³-hybridized carbons (Fsp3) is 0.857. The van der Waals surface area contributed by atoms with E-state index in [0.717, 1.165) is 32.1 Å². The first-order valence-electron chi connectivity index (χ1n) is 6.87. The van der Waals surface area contributed by atoms with Crippen LogP contribution in [0.3, 0.4) is 0 Å². The molecule has 3 heteroatoms. The number of hydrogen-bond acceptors (Lipinski definition) is 2. The Balaban J connectivity index is 3.93. The van der Waals surface area contributed by atoms with Gasteiger partial charge in [0, 0.05) is 6.42 Å². The van der Waals surface area contributed by atoms with Crippen molar-refractivity contribution >= 4 is 34.8 Å². The summed E-state index contributed by atoms with van der Waals surface area (Å²) in [6, 6.07) is 0. The zero-order valence-corrected chi connectivity index (χ0v) is 12.8. The Morgan fingerprint density at radius 1 is 1.00 bits per heavy atom. The molecule has 1 radical (unpaired) electrons. The minimum absolute atomic E-state index is 0.131. The zero-order valence-electron chi connectivity index (χ0n) is 11.2. The van der Waals surface area contributed by atoms with Crippen molar-refractivity contribution in [3.63, 3.8) is 0 Å². The summed E-state index contributed by atoms with van der Waals surface area (Å²) in [6.07, 6.45) is 9.48. The van der Waals surface area contributed by atoms with Gasteiger partial charge in [-0.25, -0.2) is 0 Å². The van der Waals surface area contributed by atoms with Crippen molar-refractivity contribution in [1.82, 2.24) is 0 Å². The van der Waals surface area contributed by atoms with Crippen LogP contribution in [0.25, 0.3) is 0 Å². The van der Waals surface area contributed by atoms with E-state index in [2.05, 4.69) is 13.8 Å². The fourth-order valence-corrected chi connectivity index (χ4v) is 2.41. The number of rotatable bonds is 11. The van der Waals surface area contributed by atoms with Crippen LogP contribution in [0.15, 0.2) is 0 Å². The second-order valence-electron chi connectivity index (χ2n) is 4.64. The van der Waals surface area contributed by atoms with Crippen molar-refractivity contribution in [2.75, 3.05) is 0 Å². The Kier molecular flexibility index (Phi) is 11.1. The van der Waals surface area contributed by atoms with Gasteiger partial charge >= 0.3 is 0 Å². The monoisotopic (exact) mass is 273 g/mol. The van der Waals surface area contributed by atoms with Crippen molar-refractivity contribution in [2.24, 2.45) is 5.92 Å². The quantitative estimate of drug-likeness (QED) is 0.378. The summed E-state index contributed by atoms with van der Waals surface area (Å²) in [7, 11) is 0. The summed E-state index contributed by atoms with van der Waals surface area (Å²) in [6.45, 7) is 4.33. The SMILES string of the molecule is CCCCCCC(=O)C(CCCCC)C([S])=S. The summed E-state index contributed by atoms with van der Waals surface area (Å²) < 4.78 is 0.474. The third-order valence-corrected chi connectivity index (χ3v) is 3.62. The van der Waals surface area contributed by atoms with E-state index in [-0.39, 0.29) is 11.7 Å². The first kappa shape index (κ1) is 17.0. The normalized spacial score (nSPS) is 12.4. The molecule has 0 saturated heterocycles. The average Bonchev–Trinajstić information content (AvgIpc) is 2.29. The molecule has 1 nitrogen and oxygen atoms in total. The van der Waals surface area contributed by atoms with Gasteiger partial charge in [-0.3, -0.25) is 4.79 Å². The largest absolute Gasteiger partial charge is 0.299 e. The standard InChI is InChI=1S/C14H25OS2/c1-3-5-7-9-11-13(15)12(14(16)17)10-8-6-4-2/h12H,3-11H2,1-2H3. The van der Waals surface area contributed by atoms with Gasteiger partial charge in [0.1, 0.15) is 5.78 Å². The summed E-state index contributed by atoms with van der Waals surface area (Å²) in [5.74, 6) is 0.144. The molecule has 0 aromatic heterocycles. The van der Waals surface area contributed by atoms with Crippen LogP contribution in [0.2, 0.25) is 0 Å². The highest BCUT2D eigenvalue weighted by atomic mass is 32.1. The highest BCUT2D eigenvalue weighted by Crippen LogP contribution is 2.18. The lowest BCUT2D eigenvalue weighted by molar-refractivity contribution is -0.121. The lowest BCUT2D eigenvalue weighted by Crippen LogP contribution is -2.19. The summed E-state index contributed by atoms with van der Waals surface area (Å²) in [4.78, 5) is 12.0. The van der Waals surface area contributed by atoms with Crippen LogP contribution in [0.1, 0.15) is 71.6 Å². The van der Waals surface area contributed by atoms with Gasteiger partial charge in [0.15, 0.2) is 0 Å². The van der Waals surface area contributed by atoms with Crippen LogP contribution < -0.4 is 0 Å². The predicted molar refractivity (Wildman–Crippen MR) is 81.6 cm³/mol. The van der Waals surface area contributed by atoms with E-state index in [1.54, 1.807) is 0 Å². The molecule has 17 heavy (non-hydrogen) atoms. The number of thiocarbonyl (C=S) groups is 1. The maximum atomic E-state index is 12.0. The van der Waals surface area contributed by atoms with Gasteiger partial charge in [0.05, 0.1) is 10.1 Å². The van der Waals surface area contributed by atoms with Gasteiger partial charge in [-0.05, 0) is 12.8 Å². The maximum Gasteiger partial charge on any atom is 0.142 e. The number of unbranched alkanes of at least 4 members (excludes halogenated alkanes) is 5. The molecular formula is C14H25OS2. The van der Waals surface area contributed by atoms with Crippen LogP contribution >= 0.6 is 24.8 Å². The predicted octanol–water partition coefficient (Wildman–Crippen LogP) is 5.25. The molecule has 0 heterocycles. The van der Waals surface area contributed by atoms with Gasteiger partial charge in [-0.15, -0.1) is 0 Å². The van der Waals surface area contributed by atoms with E-state index in [4.69, 9.17) is 24.8 Å².